The molecule has 2 atom stereocenters. The van der Waals surface area contributed by atoms with E-state index in [2.05, 4.69) is 5.32 Å². The molecule has 1 rings (SSSR count). The van der Waals surface area contributed by atoms with Crippen molar-refractivity contribution in [2.45, 2.75) is 58.6 Å². The Balaban J connectivity index is 2.45. The molecule has 6 heteroatoms. The van der Waals surface area contributed by atoms with Crippen molar-refractivity contribution >= 4 is 23.5 Å². The number of nitrogens with one attached hydrogen (secondary N) is 1. The van der Waals surface area contributed by atoms with Crippen LogP contribution >= 0.6 is 11.6 Å². The first kappa shape index (κ1) is 21.5. The molecule has 0 saturated heterocycles. The van der Waals surface area contributed by atoms with Crippen LogP contribution in [0.3, 0.4) is 0 Å². The van der Waals surface area contributed by atoms with Crippen molar-refractivity contribution < 1.29 is 19.4 Å². The standard InChI is InChI=1S/C19H28ClNO4/c1-13(11-14-5-7-15(20)8-6-14)12-17(22)21-16(18(23)24)9-10-25-19(2,3)4/h5-8,13,16H,9-12H2,1-4H3,(H,21,22)(H,23,24). The molecule has 0 aliphatic rings. The van der Waals surface area contributed by atoms with E-state index < -0.39 is 12.0 Å². The first-order valence-corrected chi connectivity index (χ1v) is 8.85. The summed E-state index contributed by atoms with van der Waals surface area (Å²) in [5, 5.41) is 12.5. The maximum absolute atomic E-state index is 12.1. The van der Waals surface area contributed by atoms with Crippen molar-refractivity contribution in [1.82, 2.24) is 5.32 Å². The van der Waals surface area contributed by atoms with Crippen LogP contribution in [0.2, 0.25) is 5.02 Å². The molecule has 25 heavy (non-hydrogen) atoms. The summed E-state index contributed by atoms with van der Waals surface area (Å²) in [4.78, 5) is 23.5. The van der Waals surface area contributed by atoms with Crippen molar-refractivity contribution in [2.75, 3.05) is 6.61 Å². The van der Waals surface area contributed by atoms with Gasteiger partial charge in [0, 0.05) is 24.5 Å². The van der Waals surface area contributed by atoms with Gasteiger partial charge in [-0.25, -0.2) is 4.79 Å². The molecule has 5 nitrogen and oxygen atoms in total. The third kappa shape index (κ3) is 9.46. The molecule has 0 aromatic heterocycles. The largest absolute Gasteiger partial charge is 0.480 e. The average molecular weight is 370 g/mol. The molecular weight excluding hydrogens is 342 g/mol. The third-order valence-electron chi connectivity index (χ3n) is 3.61. The van der Waals surface area contributed by atoms with E-state index in [1.165, 1.54) is 0 Å². The van der Waals surface area contributed by atoms with Crippen molar-refractivity contribution in [3.63, 3.8) is 0 Å². The summed E-state index contributed by atoms with van der Waals surface area (Å²) < 4.78 is 5.54. The molecule has 0 aliphatic heterocycles. The van der Waals surface area contributed by atoms with Gasteiger partial charge >= 0.3 is 5.97 Å². The van der Waals surface area contributed by atoms with Gasteiger partial charge in [-0.05, 0) is 50.8 Å². The number of rotatable bonds is 9. The highest BCUT2D eigenvalue weighted by molar-refractivity contribution is 6.30. The fraction of sp³-hybridized carbons (Fsp3) is 0.579. The van der Waals surface area contributed by atoms with Gasteiger partial charge in [0.05, 0.1) is 5.60 Å². The van der Waals surface area contributed by atoms with E-state index in [9.17, 15) is 14.7 Å². The normalized spacial score (nSPS) is 14.0. The Hall–Kier alpha value is -1.59. The number of aliphatic carboxylic acids is 1. The van der Waals surface area contributed by atoms with Crippen LogP contribution in [0.4, 0.5) is 0 Å². The Morgan fingerprint density at radius 2 is 1.84 bits per heavy atom. The van der Waals surface area contributed by atoms with E-state index in [0.29, 0.717) is 5.02 Å². The lowest BCUT2D eigenvalue weighted by molar-refractivity contribution is -0.143. The highest BCUT2D eigenvalue weighted by Gasteiger charge is 2.22. The van der Waals surface area contributed by atoms with Gasteiger partial charge in [-0.1, -0.05) is 30.7 Å². The fourth-order valence-corrected chi connectivity index (χ4v) is 2.53. The summed E-state index contributed by atoms with van der Waals surface area (Å²) in [6.07, 6.45) is 1.24. The second-order valence-corrected chi connectivity index (χ2v) is 7.78. The van der Waals surface area contributed by atoms with Gasteiger partial charge in [-0.15, -0.1) is 0 Å². The van der Waals surface area contributed by atoms with Gasteiger partial charge in [0.2, 0.25) is 5.91 Å². The molecule has 0 aliphatic carbocycles. The number of amides is 1. The van der Waals surface area contributed by atoms with E-state index in [-0.39, 0.29) is 36.9 Å². The summed E-state index contributed by atoms with van der Waals surface area (Å²) in [5.74, 6) is -1.21. The molecule has 0 saturated carbocycles. The van der Waals surface area contributed by atoms with Gasteiger partial charge in [0.25, 0.3) is 0 Å². The molecule has 0 bridgehead atoms. The third-order valence-corrected chi connectivity index (χ3v) is 3.86. The van der Waals surface area contributed by atoms with Crippen molar-refractivity contribution in [3.8, 4) is 0 Å². The number of carbonyl (C=O) groups is 2. The van der Waals surface area contributed by atoms with Crippen LogP contribution in [0.1, 0.15) is 46.1 Å². The van der Waals surface area contributed by atoms with Crippen LogP contribution in [-0.2, 0) is 20.7 Å². The Kier molecular flexibility index (Phi) is 8.39. The minimum absolute atomic E-state index is 0.0986. The Labute approximate surface area is 154 Å². The van der Waals surface area contributed by atoms with Gasteiger partial charge in [0.1, 0.15) is 6.04 Å². The number of carboxylic acid groups (broad SMARTS) is 1. The topological polar surface area (TPSA) is 75.6 Å². The number of hydrogen-bond donors (Lipinski definition) is 2. The molecule has 1 amide bonds. The molecule has 2 unspecified atom stereocenters. The van der Waals surface area contributed by atoms with Gasteiger partial charge < -0.3 is 15.2 Å². The molecule has 0 fully saturated rings. The number of hydrogen-bond acceptors (Lipinski definition) is 3. The second-order valence-electron chi connectivity index (χ2n) is 7.35. The number of benzene rings is 1. The molecular formula is C19H28ClNO4. The van der Waals surface area contributed by atoms with Gasteiger partial charge in [0.15, 0.2) is 0 Å². The lowest BCUT2D eigenvalue weighted by atomic mass is 9.97. The van der Waals surface area contributed by atoms with Crippen LogP contribution < -0.4 is 5.32 Å². The van der Waals surface area contributed by atoms with Crippen LogP contribution in [-0.4, -0.2) is 35.2 Å². The van der Waals surface area contributed by atoms with E-state index in [4.69, 9.17) is 16.3 Å². The maximum Gasteiger partial charge on any atom is 0.326 e. The molecule has 0 radical (unpaired) electrons. The monoisotopic (exact) mass is 369 g/mol. The first-order chi connectivity index (χ1) is 11.6. The Bertz CT molecular complexity index is 566. The summed E-state index contributed by atoms with van der Waals surface area (Å²) >= 11 is 5.86. The zero-order valence-corrected chi connectivity index (χ0v) is 16.1. The zero-order chi connectivity index (χ0) is 19.0. The van der Waals surface area contributed by atoms with Crippen LogP contribution in [0.25, 0.3) is 0 Å². The highest BCUT2D eigenvalue weighted by atomic mass is 35.5. The molecule has 1 aromatic rings. The predicted molar refractivity (Wildman–Crippen MR) is 98.8 cm³/mol. The average Bonchev–Trinajstić information content (AvgIpc) is 2.47. The fourth-order valence-electron chi connectivity index (χ4n) is 2.41. The number of carboxylic acids is 1. The van der Waals surface area contributed by atoms with Gasteiger partial charge in [-0.3, -0.25) is 4.79 Å². The van der Waals surface area contributed by atoms with Crippen molar-refractivity contribution in [1.29, 1.82) is 0 Å². The minimum Gasteiger partial charge on any atom is -0.480 e. The number of ether oxygens (including phenoxy) is 1. The smallest absolute Gasteiger partial charge is 0.326 e. The number of halogens is 1. The quantitative estimate of drug-likeness (QED) is 0.696. The van der Waals surface area contributed by atoms with E-state index >= 15 is 0 Å². The predicted octanol–water partition coefficient (Wildman–Crippen LogP) is 3.68. The van der Waals surface area contributed by atoms with E-state index in [1.54, 1.807) is 0 Å². The van der Waals surface area contributed by atoms with E-state index in [1.807, 2.05) is 52.0 Å². The lowest BCUT2D eigenvalue weighted by Crippen LogP contribution is -2.42. The van der Waals surface area contributed by atoms with Crippen molar-refractivity contribution in [3.05, 3.63) is 34.9 Å². The minimum atomic E-state index is -1.05. The SMILES string of the molecule is CC(CC(=O)NC(CCOC(C)(C)C)C(=O)O)Cc1ccc(Cl)cc1. The molecule has 1 aromatic carbocycles. The van der Waals surface area contributed by atoms with Crippen molar-refractivity contribution in [2.24, 2.45) is 5.92 Å². The van der Waals surface area contributed by atoms with Gasteiger partial charge in [-0.2, -0.15) is 0 Å². The lowest BCUT2D eigenvalue weighted by Gasteiger charge is -2.22. The molecule has 140 valence electrons. The highest BCUT2D eigenvalue weighted by Crippen LogP contribution is 2.15. The first-order valence-electron chi connectivity index (χ1n) is 8.47. The second kappa shape index (κ2) is 9.78. The van der Waals surface area contributed by atoms with Crippen LogP contribution in [0, 0.1) is 5.92 Å². The molecule has 2 N–H and O–H groups in total. The summed E-state index contributed by atoms with van der Waals surface area (Å²) in [5.41, 5.74) is 0.762. The van der Waals surface area contributed by atoms with Crippen LogP contribution in [0.15, 0.2) is 24.3 Å². The molecule has 0 spiro atoms. The summed E-state index contributed by atoms with van der Waals surface area (Å²) in [6, 6.07) is 6.57. The number of carbonyl (C=O) groups excluding carboxylic acids is 1. The van der Waals surface area contributed by atoms with E-state index in [0.717, 1.165) is 12.0 Å². The maximum atomic E-state index is 12.1. The zero-order valence-electron chi connectivity index (χ0n) is 15.3. The Morgan fingerprint density at radius 1 is 1.24 bits per heavy atom. The Morgan fingerprint density at radius 3 is 2.36 bits per heavy atom. The summed E-state index contributed by atoms with van der Waals surface area (Å²) in [7, 11) is 0. The summed E-state index contributed by atoms with van der Waals surface area (Å²) in [6.45, 7) is 7.95. The molecule has 0 heterocycles. The van der Waals surface area contributed by atoms with Crippen LogP contribution in [0.5, 0.6) is 0 Å².